The first-order valence-corrected chi connectivity index (χ1v) is 12.1. The molecular weight excluding hydrogens is 490 g/mol. The normalized spacial score (nSPS) is 15.2. The summed E-state index contributed by atoms with van der Waals surface area (Å²) in [6, 6.07) is 21.5. The molecule has 1 aliphatic rings. The minimum Gasteiger partial charge on any atom is -0.423 e. The number of allylic oxidation sites excluding steroid dienone is 1. The number of halogens is 1. The quantitative estimate of drug-likeness (QED) is 0.298. The van der Waals surface area contributed by atoms with Crippen LogP contribution in [-0.2, 0) is 11.3 Å². The van der Waals surface area contributed by atoms with Crippen LogP contribution in [0.5, 0.6) is 0 Å². The number of aliphatic imine (C=N–C) groups is 1. The van der Waals surface area contributed by atoms with Crippen molar-refractivity contribution in [3.8, 4) is 0 Å². The molecule has 9 heteroatoms. The molecule has 0 spiro atoms. The predicted molar refractivity (Wildman–Crippen MR) is 143 cm³/mol. The number of guanidine groups is 1. The maximum absolute atomic E-state index is 13.4. The standard InChI is InChI=1S/C28H24ClN5O3/c1-16-24(26(36)30-15-18-11-13-19(14-12-18)17(2)35)25(20-7-3-4-8-21(20)29)33-27(31-16)34-28-32-22-9-5-6-10-23(22)37-28/h3-14,25H,15H2,1-2H3,(H,30,36)(H2,31,32,33,34). The van der Waals surface area contributed by atoms with Gasteiger partial charge in [-0.1, -0.05) is 66.2 Å². The summed E-state index contributed by atoms with van der Waals surface area (Å²) in [4.78, 5) is 34.1. The highest BCUT2D eigenvalue weighted by molar-refractivity contribution is 6.31. The van der Waals surface area contributed by atoms with Gasteiger partial charge in [-0.2, -0.15) is 4.98 Å². The van der Waals surface area contributed by atoms with Crippen molar-refractivity contribution in [3.05, 3.63) is 106 Å². The molecule has 0 saturated heterocycles. The number of anilines is 1. The number of Topliss-reactive ketones (excluding diaryl/α,β-unsaturated/α-hetero) is 1. The Morgan fingerprint density at radius 2 is 1.76 bits per heavy atom. The van der Waals surface area contributed by atoms with Crippen molar-refractivity contribution in [1.29, 1.82) is 0 Å². The molecule has 1 aromatic heterocycles. The third-order valence-electron chi connectivity index (χ3n) is 6.02. The second kappa shape index (κ2) is 10.3. The summed E-state index contributed by atoms with van der Waals surface area (Å²) in [5.41, 5.74) is 4.60. The Balaban J connectivity index is 1.41. The second-order valence-electron chi connectivity index (χ2n) is 8.61. The summed E-state index contributed by atoms with van der Waals surface area (Å²) in [5, 5.41) is 9.69. The molecule has 186 valence electrons. The van der Waals surface area contributed by atoms with Crippen molar-refractivity contribution in [1.82, 2.24) is 15.6 Å². The van der Waals surface area contributed by atoms with Crippen molar-refractivity contribution in [2.75, 3.05) is 5.32 Å². The maximum Gasteiger partial charge on any atom is 0.302 e. The van der Waals surface area contributed by atoms with Gasteiger partial charge in [0.2, 0.25) is 5.96 Å². The Hall–Kier alpha value is -4.43. The van der Waals surface area contributed by atoms with Gasteiger partial charge in [-0.3, -0.25) is 14.9 Å². The third kappa shape index (κ3) is 5.24. The van der Waals surface area contributed by atoms with E-state index in [-0.39, 0.29) is 17.7 Å². The lowest BCUT2D eigenvalue weighted by Gasteiger charge is -2.27. The van der Waals surface area contributed by atoms with E-state index in [0.29, 0.717) is 51.0 Å². The summed E-state index contributed by atoms with van der Waals surface area (Å²) in [5.74, 6) is 0.0907. The van der Waals surface area contributed by atoms with Crippen LogP contribution in [0.1, 0.15) is 41.4 Å². The van der Waals surface area contributed by atoms with Crippen LogP contribution in [0.2, 0.25) is 5.02 Å². The van der Waals surface area contributed by atoms with E-state index in [2.05, 4.69) is 20.9 Å². The van der Waals surface area contributed by atoms with E-state index in [4.69, 9.17) is 21.0 Å². The number of hydrogen-bond donors (Lipinski definition) is 3. The molecule has 3 N–H and O–H groups in total. The van der Waals surface area contributed by atoms with Gasteiger partial charge in [0.1, 0.15) is 11.6 Å². The first-order chi connectivity index (χ1) is 17.9. The fraction of sp³-hybridized carbons (Fsp3) is 0.143. The van der Waals surface area contributed by atoms with Crippen LogP contribution < -0.4 is 16.0 Å². The van der Waals surface area contributed by atoms with E-state index in [9.17, 15) is 9.59 Å². The van der Waals surface area contributed by atoms with Gasteiger partial charge in [-0.15, -0.1) is 0 Å². The molecule has 1 amide bonds. The van der Waals surface area contributed by atoms with Gasteiger partial charge in [0.25, 0.3) is 5.91 Å². The van der Waals surface area contributed by atoms with Crippen LogP contribution >= 0.6 is 11.6 Å². The van der Waals surface area contributed by atoms with E-state index < -0.39 is 6.04 Å². The molecule has 0 aliphatic carbocycles. The van der Waals surface area contributed by atoms with E-state index in [1.807, 2.05) is 61.5 Å². The number of rotatable bonds is 6. The average Bonchev–Trinajstić information content (AvgIpc) is 3.30. The number of amides is 1. The Bertz CT molecular complexity index is 1520. The minimum absolute atomic E-state index is 0.00708. The van der Waals surface area contributed by atoms with Crippen molar-refractivity contribution in [3.63, 3.8) is 0 Å². The molecule has 2 heterocycles. The molecule has 1 unspecified atom stereocenters. The van der Waals surface area contributed by atoms with E-state index in [1.54, 1.807) is 18.2 Å². The molecule has 4 aromatic rings. The van der Waals surface area contributed by atoms with Gasteiger partial charge in [-0.05, 0) is 37.6 Å². The van der Waals surface area contributed by atoms with E-state index in [0.717, 1.165) is 5.56 Å². The molecule has 1 aliphatic heterocycles. The largest absolute Gasteiger partial charge is 0.423 e. The third-order valence-corrected chi connectivity index (χ3v) is 6.36. The fourth-order valence-corrected chi connectivity index (χ4v) is 4.36. The zero-order valence-corrected chi connectivity index (χ0v) is 21.0. The van der Waals surface area contributed by atoms with Crippen molar-refractivity contribution in [2.45, 2.75) is 26.4 Å². The summed E-state index contributed by atoms with van der Waals surface area (Å²) in [6.45, 7) is 3.62. The zero-order chi connectivity index (χ0) is 25.9. The number of para-hydroxylation sites is 2. The molecule has 3 aromatic carbocycles. The first kappa shape index (κ1) is 24.3. The Kier molecular flexibility index (Phi) is 6.74. The van der Waals surface area contributed by atoms with Crippen LogP contribution in [0.15, 0.2) is 93.5 Å². The van der Waals surface area contributed by atoms with Gasteiger partial charge in [0.15, 0.2) is 11.4 Å². The highest BCUT2D eigenvalue weighted by Crippen LogP contribution is 2.35. The van der Waals surface area contributed by atoms with Crippen LogP contribution in [-0.4, -0.2) is 22.6 Å². The molecule has 0 radical (unpaired) electrons. The summed E-state index contributed by atoms with van der Waals surface area (Å²) < 4.78 is 5.77. The molecule has 37 heavy (non-hydrogen) atoms. The molecule has 0 fully saturated rings. The number of fused-ring (bicyclic) bond motifs is 1. The van der Waals surface area contributed by atoms with Crippen molar-refractivity contribution >= 4 is 46.4 Å². The Labute approximate surface area is 218 Å². The number of nitrogens with zero attached hydrogens (tertiary/aromatic N) is 2. The average molecular weight is 514 g/mol. The van der Waals surface area contributed by atoms with Gasteiger partial charge < -0.3 is 15.1 Å². The number of aromatic nitrogens is 1. The lowest BCUT2D eigenvalue weighted by Crippen LogP contribution is -2.39. The van der Waals surface area contributed by atoms with Gasteiger partial charge >= 0.3 is 6.01 Å². The number of oxazole rings is 1. The molecule has 5 rings (SSSR count). The number of benzene rings is 3. The Morgan fingerprint density at radius 3 is 2.49 bits per heavy atom. The molecular formula is C28H24ClN5O3. The molecule has 8 nitrogen and oxygen atoms in total. The highest BCUT2D eigenvalue weighted by Gasteiger charge is 2.31. The number of ketones is 1. The van der Waals surface area contributed by atoms with Crippen LogP contribution in [0.4, 0.5) is 6.01 Å². The van der Waals surface area contributed by atoms with Crippen molar-refractivity contribution in [2.24, 2.45) is 4.99 Å². The zero-order valence-electron chi connectivity index (χ0n) is 20.2. The fourth-order valence-electron chi connectivity index (χ4n) is 4.12. The summed E-state index contributed by atoms with van der Waals surface area (Å²) in [7, 11) is 0. The summed E-state index contributed by atoms with van der Waals surface area (Å²) >= 11 is 6.53. The number of carbonyl (C=O) groups excluding carboxylic acids is 2. The Morgan fingerprint density at radius 1 is 1.03 bits per heavy atom. The van der Waals surface area contributed by atoms with E-state index >= 15 is 0 Å². The van der Waals surface area contributed by atoms with Gasteiger partial charge in [-0.25, -0.2) is 4.99 Å². The second-order valence-corrected chi connectivity index (χ2v) is 9.02. The minimum atomic E-state index is -0.665. The monoisotopic (exact) mass is 513 g/mol. The highest BCUT2D eigenvalue weighted by atomic mass is 35.5. The van der Waals surface area contributed by atoms with Crippen LogP contribution in [0, 0.1) is 0 Å². The summed E-state index contributed by atoms with van der Waals surface area (Å²) in [6.07, 6.45) is 0. The predicted octanol–water partition coefficient (Wildman–Crippen LogP) is 5.39. The lowest BCUT2D eigenvalue weighted by atomic mass is 9.95. The molecule has 0 saturated carbocycles. The number of carbonyl (C=O) groups is 2. The van der Waals surface area contributed by atoms with E-state index in [1.165, 1.54) is 6.92 Å². The van der Waals surface area contributed by atoms with Crippen molar-refractivity contribution < 1.29 is 14.0 Å². The van der Waals surface area contributed by atoms with Crippen LogP contribution in [0.3, 0.4) is 0 Å². The maximum atomic E-state index is 13.4. The number of hydrogen-bond acceptors (Lipinski definition) is 7. The van der Waals surface area contributed by atoms with Crippen LogP contribution in [0.25, 0.3) is 11.1 Å². The topological polar surface area (TPSA) is 109 Å². The SMILES string of the molecule is CC(=O)c1ccc(CNC(=O)C2=C(C)NC(Nc3nc4ccccc4o3)=NC2c2ccccc2Cl)cc1. The van der Waals surface area contributed by atoms with Gasteiger partial charge in [0, 0.05) is 28.4 Å². The van der Waals surface area contributed by atoms with Gasteiger partial charge in [0.05, 0.1) is 5.57 Å². The smallest absolute Gasteiger partial charge is 0.302 e. The first-order valence-electron chi connectivity index (χ1n) is 11.7. The lowest BCUT2D eigenvalue weighted by molar-refractivity contribution is -0.118. The molecule has 0 bridgehead atoms. The molecule has 1 atom stereocenters. The number of nitrogens with one attached hydrogen (secondary N) is 3.